The van der Waals surface area contributed by atoms with Crippen LogP contribution in [0.3, 0.4) is 0 Å². The summed E-state index contributed by atoms with van der Waals surface area (Å²) in [6.07, 6.45) is 1.53. The molecule has 0 aliphatic carbocycles. The van der Waals surface area contributed by atoms with Crippen molar-refractivity contribution in [2.75, 3.05) is 26.5 Å². The van der Waals surface area contributed by atoms with Crippen molar-refractivity contribution in [3.05, 3.63) is 36.0 Å². The number of fused-ring (bicyclic) bond motifs is 1. The van der Waals surface area contributed by atoms with Crippen molar-refractivity contribution in [1.29, 1.82) is 0 Å². The number of amides is 1. The van der Waals surface area contributed by atoms with Gasteiger partial charge in [0.1, 0.15) is 5.52 Å². The van der Waals surface area contributed by atoms with Crippen LogP contribution < -0.4 is 30.4 Å². The third-order valence-electron chi connectivity index (χ3n) is 3.51. The van der Waals surface area contributed by atoms with Gasteiger partial charge in [0, 0.05) is 11.8 Å². The van der Waals surface area contributed by atoms with Crippen molar-refractivity contribution in [1.82, 2.24) is 25.8 Å². The highest BCUT2D eigenvalue weighted by molar-refractivity contribution is 7.80. The Kier molecular flexibility index (Phi) is 3.82. The third-order valence-corrected chi connectivity index (χ3v) is 3.71. The topological polar surface area (TPSA) is 122 Å². The van der Waals surface area contributed by atoms with E-state index in [9.17, 15) is 4.79 Å². The molecule has 3 rings (SSSR count). The summed E-state index contributed by atoms with van der Waals surface area (Å²) in [5, 5.41) is 2.71. The van der Waals surface area contributed by atoms with E-state index < -0.39 is 25.7 Å². The molecule has 0 spiro atoms. The van der Waals surface area contributed by atoms with E-state index >= 15 is 0 Å². The number of hydrogen-bond acceptors (Lipinski definition) is 7. The zero-order chi connectivity index (χ0) is 25.1. The largest absolute Gasteiger partial charge is 0.493 e. The summed E-state index contributed by atoms with van der Waals surface area (Å²) >= 11 is 5.12. The number of pyridine rings is 1. The number of rotatable bonds is 5. The molecule has 1 aromatic carbocycles. The molecule has 11 heteroatoms. The normalized spacial score (nSPS) is 14.3. The van der Waals surface area contributed by atoms with Crippen molar-refractivity contribution in [2.24, 2.45) is 0 Å². The van der Waals surface area contributed by atoms with Gasteiger partial charge < -0.3 is 24.5 Å². The summed E-state index contributed by atoms with van der Waals surface area (Å²) in [6.45, 7) is 0. The molecule has 0 atom stereocenters. The molecule has 3 aromatic rings. The molecule has 4 N–H and O–H groups in total. The predicted octanol–water partition coefficient (Wildman–Crippen LogP) is 1.62. The van der Waals surface area contributed by atoms with Gasteiger partial charge in [-0.1, -0.05) is 0 Å². The lowest BCUT2D eigenvalue weighted by Gasteiger charge is -2.12. The number of hydrogen-bond donors (Lipinski definition) is 4. The van der Waals surface area contributed by atoms with Gasteiger partial charge in [-0.25, -0.2) is 9.97 Å². The number of thiocarbonyl (C=S) groups is 1. The Morgan fingerprint density at radius 1 is 1.18 bits per heavy atom. The number of aromatic amines is 1. The van der Waals surface area contributed by atoms with Crippen LogP contribution in [-0.4, -0.2) is 47.2 Å². The Hall–Kier alpha value is -3.60. The fourth-order valence-corrected chi connectivity index (χ4v) is 2.41. The molecule has 0 radical (unpaired) electrons. The Labute approximate surface area is 174 Å². The average molecular weight is 408 g/mol. The van der Waals surface area contributed by atoms with E-state index in [0.717, 1.165) is 12.1 Å². The first-order valence-electron chi connectivity index (χ1n) is 10.6. The molecule has 146 valence electrons. The number of benzene rings is 1. The van der Waals surface area contributed by atoms with E-state index in [2.05, 4.69) is 31.1 Å². The number of ether oxygens (including phenoxy) is 3. The first kappa shape index (κ1) is 12.7. The zero-order valence-electron chi connectivity index (χ0n) is 20.3. The molecule has 0 saturated carbocycles. The highest BCUT2D eigenvalue weighted by atomic mass is 32.1. The summed E-state index contributed by atoms with van der Waals surface area (Å²) in [5.41, 5.74) is 5.83. The van der Waals surface area contributed by atoms with Gasteiger partial charge in [0.05, 0.1) is 34.9 Å². The van der Waals surface area contributed by atoms with Gasteiger partial charge in [-0.15, -0.1) is 0 Å². The van der Waals surface area contributed by atoms with Crippen molar-refractivity contribution in [2.45, 2.75) is 0 Å². The van der Waals surface area contributed by atoms with Crippen molar-refractivity contribution in [3.63, 3.8) is 0 Å². The van der Waals surface area contributed by atoms with Gasteiger partial charge >= 0.3 is 0 Å². The Morgan fingerprint density at radius 3 is 2.79 bits per heavy atom. The van der Waals surface area contributed by atoms with Gasteiger partial charge in [-0.3, -0.25) is 15.6 Å². The van der Waals surface area contributed by atoms with Crippen molar-refractivity contribution < 1.29 is 27.2 Å². The van der Waals surface area contributed by atoms with Crippen LogP contribution in [-0.2, 0) is 0 Å². The SMILES string of the molecule is [2H]C([2H])([2H])Oc1ccc(C(=O)NNC(=S)Nc2nc3ccnc(OC)c3[nH]2)cc1OC([2H])([2H])[2H]. The molecule has 10 nitrogen and oxygen atoms in total. The number of nitrogens with zero attached hydrogens (tertiary/aromatic N) is 2. The monoisotopic (exact) mass is 408 g/mol. The van der Waals surface area contributed by atoms with E-state index in [1.54, 1.807) is 6.07 Å². The second kappa shape index (κ2) is 8.39. The number of methoxy groups -OCH3 is 3. The molecular formula is C17H18N6O4S. The maximum atomic E-state index is 12.5. The number of H-pyrrole nitrogens is 1. The number of nitrogens with one attached hydrogen (secondary N) is 4. The molecule has 0 aliphatic heterocycles. The van der Waals surface area contributed by atoms with Crippen LogP contribution in [0.4, 0.5) is 5.95 Å². The fraction of sp³-hybridized carbons (Fsp3) is 0.176. The molecule has 0 bridgehead atoms. The number of carbonyl (C=O) groups is 1. The molecule has 0 unspecified atom stereocenters. The molecule has 1 amide bonds. The number of aromatic nitrogens is 3. The maximum absolute atomic E-state index is 12.5. The van der Waals surface area contributed by atoms with Crippen LogP contribution in [0, 0.1) is 0 Å². The zero-order valence-corrected chi connectivity index (χ0v) is 15.1. The van der Waals surface area contributed by atoms with E-state index in [-0.39, 0.29) is 22.4 Å². The minimum atomic E-state index is -2.91. The second-order valence-electron chi connectivity index (χ2n) is 5.20. The van der Waals surface area contributed by atoms with Gasteiger partial charge in [0.2, 0.25) is 11.8 Å². The van der Waals surface area contributed by atoms with E-state index in [1.165, 1.54) is 19.4 Å². The second-order valence-corrected chi connectivity index (χ2v) is 5.61. The number of imidazole rings is 1. The van der Waals surface area contributed by atoms with Crippen LogP contribution in [0.5, 0.6) is 17.4 Å². The maximum Gasteiger partial charge on any atom is 0.269 e. The highest BCUT2D eigenvalue weighted by Crippen LogP contribution is 2.27. The molecule has 2 heterocycles. The van der Waals surface area contributed by atoms with Gasteiger partial charge in [-0.2, -0.15) is 0 Å². The molecular weight excluding hydrogens is 384 g/mol. The number of hydrazine groups is 1. The predicted molar refractivity (Wildman–Crippen MR) is 107 cm³/mol. The van der Waals surface area contributed by atoms with Crippen LogP contribution in [0.2, 0.25) is 0 Å². The Morgan fingerprint density at radius 2 is 2.00 bits per heavy atom. The van der Waals surface area contributed by atoms with Gasteiger partial charge in [-0.05, 0) is 36.5 Å². The summed E-state index contributed by atoms with van der Waals surface area (Å²) in [7, 11) is -4.29. The van der Waals surface area contributed by atoms with Crippen LogP contribution in [0.25, 0.3) is 11.0 Å². The summed E-state index contributed by atoms with van der Waals surface area (Å²) in [4.78, 5) is 23.8. The first-order valence-corrected chi connectivity index (χ1v) is 8.03. The summed E-state index contributed by atoms with van der Waals surface area (Å²) in [5.74, 6) is -0.948. The van der Waals surface area contributed by atoms with Gasteiger partial charge in [0.15, 0.2) is 16.6 Å². The fourth-order valence-electron chi connectivity index (χ4n) is 2.26. The molecule has 0 saturated heterocycles. The Balaban J connectivity index is 1.67. The lowest BCUT2D eigenvalue weighted by Crippen LogP contribution is -2.43. The summed E-state index contributed by atoms with van der Waals surface area (Å²) < 4.78 is 57.9. The number of anilines is 1. The van der Waals surface area contributed by atoms with Crippen molar-refractivity contribution in [3.8, 4) is 17.4 Å². The highest BCUT2D eigenvalue weighted by Gasteiger charge is 2.12. The lowest BCUT2D eigenvalue weighted by atomic mass is 10.2. The van der Waals surface area contributed by atoms with E-state index in [1.807, 2.05) is 0 Å². The first-order chi connectivity index (χ1) is 15.8. The van der Waals surface area contributed by atoms with Gasteiger partial charge in [0.25, 0.3) is 5.91 Å². The van der Waals surface area contributed by atoms with Crippen LogP contribution in [0.1, 0.15) is 18.6 Å². The quantitative estimate of drug-likeness (QED) is 0.368. The molecule has 0 fully saturated rings. The minimum Gasteiger partial charge on any atom is -0.493 e. The lowest BCUT2D eigenvalue weighted by molar-refractivity contribution is 0.0943. The minimum absolute atomic E-state index is 0.0272. The van der Waals surface area contributed by atoms with Crippen LogP contribution >= 0.6 is 12.2 Å². The van der Waals surface area contributed by atoms with E-state index in [4.69, 9.17) is 34.7 Å². The third kappa shape index (κ3) is 4.04. The number of carbonyl (C=O) groups excluding carboxylic acids is 1. The average Bonchev–Trinajstić information content (AvgIpc) is 3.13. The molecule has 2 aromatic heterocycles. The molecule has 28 heavy (non-hydrogen) atoms. The Bertz CT molecular complexity index is 1220. The van der Waals surface area contributed by atoms with Crippen LogP contribution in [0.15, 0.2) is 30.5 Å². The summed E-state index contributed by atoms with van der Waals surface area (Å²) in [6, 6.07) is 5.02. The van der Waals surface area contributed by atoms with E-state index in [0.29, 0.717) is 16.9 Å². The smallest absolute Gasteiger partial charge is 0.269 e. The standard InChI is InChI=1S/C17H18N6O4S/c1-25-11-5-4-9(8-12(11)26-2)14(24)22-23-17(28)21-16-19-10-6-7-18-15(27-3)13(10)20-16/h4-8H,1-3H3,(H,22,24)(H3,19,20,21,23,28)/i1D3,2D3. The molecule has 0 aliphatic rings. The van der Waals surface area contributed by atoms with Crippen molar-refractivity contribution >= 4 is 40.2 Å².